The fraction of sp³-hybridized carbons (Fsp3) is 0.143. The lowest BCUT2D eigenvalue weighted by molar-refractivity contribution is -0.116. The molecule has 0 spiro atoms. The maximum absolute atomic E-state index is 12.3. The summed E-state index contributed by atoms with van der Waals surface area (Å²) in [6.07, 6.45) is 1.85. The molecule has 7 nitrogen and oxygen atoms in total. The van der Waals surface area contributed by atoms with Crippen molar-refractivity contribution < 1.29 is 24.2 Å². The number of thioether (sulfide) groups is 1. The number of carboxylic acid groups (broad SMARTS) is 1. The van der Waals surface area contributed by atoms with Crippen LogP contribution in [0.2, 0.25) is 0 Å². The predicted molar refractivity (Wildman–Crippen MR) is 120 cm³/mol. The SMILES string of the molecule is COc1ccc(C=C2SC(=O)N(CCC(=O)Nc3cccc(C(=O)O)c3)C2=S)cc1. The van der Waals surface area contributed by atoms with E-state index in [1.165, 1.54) is 17.0 Å². The zero-order chi connectivity index (χ0) is 21.7. The summed E-state index contributed by atoms with van der Waals surface area (Å²) in [6, 6.07) is 13.3. The van der Waals surface area contributed by atoms with Crippen LogP contribution in [-0.4, -0.2) is 45.8 Å². The van der Waals surface area contributed by atoms with Crippen LogP contribution in [0.15, 0.2) is 53.4 Å². The van der Waals surface area contributed by atoms with E-state index in [2.05, 4.69) is 5.32 Å². The molecule has 1 aliphatic heterocycles. The Morgan fingerprint density at radius 3 is 2.63 bits per heavy atom. The fourth-order valence-corrected chi connectivity index (χ4v) is 4.00. The first kappa shape index (κ1) is 21.5. The average molecular weight is 443 g/mol. The summed E-state index contributed by atoms with van der Waals surface area (Å²) in [5.74, 6) is -0.686. The fourth-order valence-electron chi connectivity index (χ4n) is 2.71. The van der Waals surface area contributed by atoms with Crippen molar-refractivity contribution in [1.29, 1.82) is 0 Å². The van der Waals surface area contributed by atoms with E-state index in [0.717, 1.165) is 23.1 Å². The summed E-state index contributed by atoms with van der Waals surface area (Å²) in [6.45, 7) is 0.134. The van der Waals surface area contributed by atoms with Gasteiger partial charge in [-0.2, -0.15) is 0 Å². The van der Waals surface area contributed by atoms with Crippen LogP contribution in [0.1, 0.15) is 22.3 Å². The van der Waals surface area contributed by atoms with E-state index in [1.807, 2.05) is 30.3 Å². The van der Waals surface area contributed by atoms with Gasteiger partial charge in [-0.05, 0) is 53.7 Å². The molecule has 2 N–H and O–H groups in total. The number of carboxylic acids is 1. The molecule has 2 aromatic carbocycles. The number of nitrogens with zero attached hydrogens (tertiary/aromatic N) is 1. The summed E-state index contributed by atoms with van der Waals surface area (Å²) in [5.41, 5.74) is 1.34. The molecule has 2 aromatic rings. The predicted octanol–water partition coefficient (Wildman–Crippen LogP) is 4.26. The minimum atomic E-state index is -1.08. The molecule has 0 atom stereocenters. The van der Waals surface area contributed by atoms with Gasteiger partial charge in [-0.25, -0.2) is 4.79 Å². The molecule has 9 heteroatoms. The lowest BCUT2D eigenvalue weighted by Crippen LogP contribution is -2.30. The van der Waals surface area contributed by atoms with E-state index in [1.54, 1.807) is 19.2 Å². The Hall–Kier alpha value is -3.17. The first-order valence-corrected chi connectivity index (χ1v) is 10.1. The Labute approximate surface area is 182 Å². The largest absolute Gasteiger partial charge is 0.497 e. The van der Waals surface area contributed by atoms with Crippen LogP contribution in [0.25, 0.3) is 6.08 Å². The third-order valence-corrected chi connectivity index (χ3v) is 5.74. The van der Waals surface area contributed by atoms with E-state index in [4.69, 9.17) is 22.1 Å². The van der Waals surface area contributed by atoms with E-state index in [9.17, 15) is 14.4 Å². The lowest BCUT2D eigenvalue weighted by atomic mass is 10.2. The third-order valence-electron chi connectivity index (χ3n) is 4.24. The monoisotopic (exact) mass is 442 g/mol. The molecule has 0 saturated carbocycles. The average Bonchev–Trinajstić information content (AvgIpc) is 2.99. The first-order valence-electron chi connectivity index (χ1n) is 8.90. The molecule has 0 bridgehead atoms. The molecule has 1 fully saturated rings. The van der Waals surface area contributed by atoms with Crippen LogP contribution in [0.5, 0.6) is 5.75 Å². The Morgan fingerprint density at radius 1 is 1.23 bits per heavy atom. The molecule has 1 aliphatic rings. The van der Waals surface area contributed by atoms with Gasteiger partial charge in [0.1, 0.15) is 10.7 Å². The van der Waals surface area contributed by atoms with Gasteiger partial charge in [-0.15, -0.1) is 0 Å². The van der Waals surface area contributed by atoms with Gasteiger partial charge in [-0.3, -0.25) is 14.5 Å². The van der Waals surface area contributed by atoms with Crippen LogP contribution in [0.3, 0.4) is 0 Å². The summed E-state index contributed by atoms with van der Waals surface area (Å²) < 4.78 is 5.13. The van der Waals surface area contributed by atoms with Crippen molar-refractivity contribution in [2.45, 2.75) is 6.42 Å². The minimum absolute atomic E-state index is 0.0273. The van der Waals surface area contributed by atoms with E-state index in [-0.39, 0.29) is 29.7 Å². The van der Waals surface area contributed by atoms with Crippen LogP contribution < -0.4 is 10.1 Å². The van der Waals surface area contributed by atoms with Gasteiger partial charge < -0.3 is 15.2 Å². The number of amides is 2. The number of carbonyl (C=O) groups excluding carboxylic acids is 2. The smallest absolute Gasteiger partial charge is 0.335 e. The Morgan fingerprint density at radius 2 is 1.97 bits per heavy atom. The molecule has 2 amide bonds. The summed E-state index contributed by atoms with van der Waals surface area (Å²) in [5, 5.41) is 11.4. The molecule has 1 heterocycles. The lowest BCUT2D eigenvalue weighted by Gasteiger charge is -2.14. The van der Waals surface area contributed by atoms with Gasteiger partial charge in [0.25, 0.3) is 5.24 Å². The topological polar surface area (TPSA) is 95.9 Å². The zero-order valence-electron chi connectivity index (χ0n) is 16.0. The number of methoxy groups -OCH3 is 1. The zero-order valence-corrected chi connectivity index (χ0v) is 17.6. The second-order valence-corrected chi connectivity index (χ2v) is 7.67. The second-order valence-electron chi connectivity index (χ2n) is 6.29. The first-order chi connectivity index (χ1) is 14.4. The van der Waals surface area contributed by atoms with Gasteiger partial charge in [0, 0.05) is 18.7 Å². The Kier molecular flexibility index (Phi) is 6.86. The molecule has 1 saturated heterocycles. The molecular formula is C21H18N2O5S2. The van der Waals surface area contributed by atoms with Crippen molar-refractivity contribution in [3.63, 3.8) is 0 Å². The molecule has 3 rings (SSSR count). The molecule has 0 unspecified atom stereocenters. The van der Waals surface area contributed by atoms with E-state index >= 15 is 0 Å². The third kappa shape index (κ3) is 5.25. The van der Waals surface area contributed by atoms with Crippen LogP contribution >= 0.6 is 24.0 Å². The number of hydrogen-bond acceptors (Lipinski definition) is 6. The highest BCUT2D eigenvalue weighted by Gasteiger charge is 2.31. The molecule has 0 aliphatic carbocycles. The number of anilines is 1. The van der Waals surface area contributed by atoms with E-state index in [0.29, 0.717) is 15.6 Å². The minimum Gasteiger partial charge on any atom is -0.497 e. The van der Waals surface area contributed by atoms with Crippen molar-refractivity contribution in [3.8, 4) is 5.75 Å². The number of ether oxygens (including phenoxy) is 1. The second kappa shape index (κ2) is 9.55. The number of hydrogen-bond donors (Lipinski definition) is 2. The number of nitrogens with one attached hydrogen (secondary N) is 1. The molecule has 154 valence electrons. The standard InChI is InChI=1S/C21H18N2O5S2/c1-28-16-7-5-13(6-8-16)11-17-19(29)23(21(27)30-17)10-9-18(24)22-15-4-2-3-14(12-15)20(25)26/h2-8,11-12H,9-10H2,1H3,(H,22,24)(H,25,26). The maximum Gasteiger partial charge on any atom is 0.335 e. The van der Waals surface area contributed by atoms with Crippen molar-refractivity contribution in [2.24, 2.45) is 0 Å². The highest BCUT2D eigenvalue weighted by atomic mass is 32.2. The normalized spacial score (nSPS) is 14.8. The molecule has 30 heavy (non-hydrogen) atoms. The number of rotatable bonds is 7. The number of carbonyl (C=O) groups is 3. The van der Waals surface area contributed by atoms with Crippen molar-refractivity contribution >= 4 is 57.8 Å². The van der Waals surface area contributed by atoms with Gasteiger partial charge in [-0.1, -0.05) is 30.4 Å². The molecule has 0 radical (unpaired) electrons. The number of benzene rings is 2. The van der Waals surface area contributed by atoms with Crippen molar-refractivity contribution in [1.82, 2.24) is 4.90 Å². The van der Waals surface area contributed by atoms with E-state index < -0.39 is 5.97 Å². The van der Waals surface area contributed by atoms with Crippen molar-refractivity contribution in [3.05, 3.63) is 64.6 Å². The van der Waals surface area contributed by atoms with Crippen LogP contribution in [0, 0.1) is 0 Å². The van der Waals surface area contributed by atoms with Gasteiger partial charge >= 0.3 is 5.97 Å². The maximum atomic E-state index is 12.3. The highest BCUT2D eigenvalue weighted by Crippen LogP contribution is 2.33. The van der Waals surface area contributed by atoms with Crippen LogP contribution in [0.4, 0.5) is 10.5 Å². The van der Waals surface area contributed by atoms with Gasteiger partial charge in [0.15, 0.2) is 0 Å². The highest BCUT2D eigenvalue weighted by molar-refractivity contribution is 8.19. The summed E-state index contributed by atoms with van der Waals surface area (Å²) in [4.78, 5) is 38.0. The number of aromatic carboxylic acids is 1. The molecule has 0 aromatic heterocycles. The van der Waals surface area contributed by atoms with Crippen molar-refractivity contribution in [2.75, 3.05) is 19.0 Å². The quantitative estimate of drug-likeness (QED) is 0.489. The van der Waals surface area contributed by atoms with Gasteiger partial charge in [0.2, 0.25) is 5.91 Å². The number of thiocarbonyl (C=S) groups is 1. The summed E-state index contributed by atoms with van der Waals surface area (Å²) in [7, 11) is 1.59. The Balaban J connectivity index is 1.60. The van der Waals surface area contributed by atoms with Crippen LogP contribution in [-0.2, 0) is 4.79 Å². The summed E-state index contributed by atoms with van der Waals surface area (Å²) >= 11 is 6.43. The van der Waals surface area contributed by atoms with Gasteiger partial charge in [0.05, 0.1) is 17.6 Å². The molecular weight excluding hydrogens is 424 g/mol. The Bertz CT molecular complexity index is 1030.